The van der Waals surface area contributed by atoms with Crippen LogP contribution in [0.2, 0.25) is 0 Å². The Morgan fingerprint density at radius 1 is 0.852 bits per heavy atom. The number of aromatic nitrogens is 1. The number of nitrogens with zero attached hydrogens (tertiary/aromatic N) is 1. The first-order valence-corrected chi connectivity index (χ1v) is 9.46. The smallest absolute Gasteiger partial charge is 0.224 e. The predicted octanol–water partition coefficient (Wildman–Crippen LogP) is 5.37. The number of carbonyl (C=O) groups excluding carboxylic acids is 1. The number of hydrogen-bond donors (Lipinski definition) is 1. The van der Waals surface area contributed by atoms with Crippen LogP contribution in [0.25, 0.3) is 0 Å². The summed E-state index contributed by atoms with van der Waals surface area (Å²) in [6.45, 7) is 4.37. The molecule has 0 fully saturated rings. The second-order valence-corrected chi connectivity index (χ2v) is 7.17. The number of nitrogens with one attached hydrogen (secondary N) is 1. The van der Waals surface area contributed by atoms with E-state index in [-0.39, 0.29) is 5.91 Å². The van der Waals surface area contributed by atoms with E-state index in [1.165, 1.54) is 22.3 Å². The summed E-state index contributed by atoms with van der Waals surface area (Å²) in [6, 6.07) is 20.6. The lowest BCUT2D eigenvalue weighted by Gasteiger charge is -2.08. The van der Waals surface area contributed by atoms with Gasteiger partial charge in [-0.15, -0.1) is 0 Å². The van der Waals surface area contributed by atoms with Crippen LogP contribution < -0.4 is 5.32 Å². The standard InChI is InChI=1S/C24H26N2O/c1-18(2)22-8-3-19(4-9-22)7-12-24(27)26-23-10-5-20(6-11-23)17-21-13-15-25-16-14-21/h3-6,8-11,13-16,18H,7,12,17H2,1-2H3,(H,26,27). The molecular weight excluding hydrogens is 332 g/mol. The summed E-state index contributed by atoms with van der Waals surface area (Å²) in [5.41, 5.74) is 5.81. The van der Waals surface area contributed by atoms with Crippen LogP contribution >= 0.6 is 0 Å². The normalized spacial score (nSPS) is 10.8. The molecule has 27 heavy (non-hydrogen) atoms. The molecule has 1 N–H and O–H groups in total. The van der Waals surface area contributed by atoms with Gasteiger partial charge in [0.05, 0.1) is 0 Å². The zero-order valence-corrected chi connectivity index (χ0v) is 16.0. The topological polar surface area (TPSA) is 42.0 Å². The maximum atomic E-state index is 12.2. The van der Waals surface area contributed by atoms with Gasteiger partial charge < -0.3 is 5.32 Å². The van der Waals surface area contributed by atoms with Crippen molar-refractivity contribution >= 4 is 11.6 Å². The predicted molar refractivity (Wildman–Crippen MR) is 111 cm³/mol. The minimum absolute atomic E-state index is 0.0461. The largest absolute Gasteiger partial charge is 0.326 e. The number of hydrogen-bond acceptors (Lipinski definition) is 2. The zero-order chi connectivity index (χ0) is 19.1. The molecule has 1 heterocycles. The Bertz CT molecular complexity index is 853. The molecule has 0 bridgehead atoms. The van der Waals surface area contributed by atoms with E-state index in [2.05, 4.69) is 60.5 Å². The first-order valence-electron chi connectivity index (χ1n) is 9.46. The van der Waals surface area contributed by atoms with Gasteiger partial charge in [0.2, 0.25) is 5.91 Å². The van der Waals surface area contributed by atoms with Crippen molar-refractivity contribution in [1.82, 2.24) is 4.98 Å². The van der Waals surface area contributed by atoms with Crippen LogP contribution in [0.15, 0.2) is 73.1 Å². The van der Waals surface area contributed by atoms with E-state index in [1.807, 2.05) is 24.3 Å². The maximum Gasteiger partial charge on any atom is 0.224 e. The molecule has 0 atom stereocenters. The van der Waals surface area contributed by atoms with Crippen molar-refractivity contribution < 1.29 is 4.79 Å². The molecule has 0 aliphatic rings. The summed E-state index contributed by atoms with van der Waals surface area (Å²) in [5.74, 6) is 0.577. The van der Waals surface area contributed by atoms with Crippen molar-refractivity contribution in [2.75, 3.05) is 5.32 Å². The Morgan fingerprint density at radius 2 is 1.44 bits per heavy atom. The second-order valence-electron chi connectivity index (χ2n) is 7.17. The molecule has 0 saturated heterocycles. The molecule has 0 aliphatic heterocycles. The fraction of sp³-hybridized carbons (Fsp3) is 0.250. The maximum absolute atomic E-state index is 12.2. The lowest BCUT2D eigenvalue weighted by atomic mass is 10.0. The molecule has 1 aromatic heterocycles. The third-order valence-electron chi connectivity index (χ3n) is 4.68. The number of carbonyl (C=O) groups is 1. The lowest BCUT2D eigenvalue weighted by Crippen LogP contribution is -2.12. The van der Waals surface area contributed by atoms with Crippen molar-refractivity contribution in [2.24, 2.45) is 0 Å². The Balaban J connectivity index is 1.49. The number of aryl methyl sites for hydroxylation is 1. The lowest BCUT2D eigenvalue weighted by molar-refractivity contribution is -0.116. The number of anilines is 1. The van der Waals surface area contributed by atoms with Crippen LogP contribution in [-0.4, -0.2) is 10.9 Å². The molecular formula is C24H26N2O. The summed E-state index contributed by atoms with van der Waals surface area (Å²) < 4.78 is 0. The van der Waals surface area contributed by atoms with E-state index >= 15 is 0 Å². The Hall–Kier alpha value is -2.94. The third kappa shape index (κ3) is 5.78. The third-order valence-corrected chi connectivity index (χ3v) is 4.68. The minimum Gasteiger partial charge on any atom is -0.326 e. The monoisotopic (exact) mass is 358 g/mol. The Kier molecular flexibility index (Phi) is 6.37. The molecule has 0 radical (unpaired) electrons. The van der Waals surface area contributed by atoms with E-state index < -0.39 is 0 Å². The van der Waals surface area contributed by atoms with Gasteiger partial charge in [-0.05, 0) is 65.3 Å². The first-order chi connectivity index (χ1) is 13.1. The summed E-state index contributed by atoms with van der Waals surface area (Å²) in [4.78, 5) is 16.3. The summed E-state index contributed by atoms with van der Waals surface area (Å²) in [5, 5.41) is 2.98. The minimum atomic E-state index is 0.0461. The first kappa shape index (κ1) is 18.8. The van der Waals surface area contributed by atoms with Gasteiger partial charge in [0.25, 0.3) is 0 Å². The molecule has 3 nitrogen and oxygen atoms in total. The van der Waals surface area contributed by atoms with Crippen molar-refractivity contribution in [3.05, 3.63) is 95.3 Å². The second kappa shape index (κ2) is 9.13. The zero-order valence-electron chi connectivity index (χ0n) is 16.0. The number of benzene rings is 2. The molecule has 1 amide bonds. The van der Waals surface area contributed by atoms with Gasteiger partial charge in [0.1, 0.15) is 0 Å². The molecule has 138 valence electrons. The van der Waals surface area contributed by atoms with Crippen molar-refractivity contribution in [2.45, 2.75) is 39.0 Å². The van der Waals surface area contributed by atoms with Crippen LogP contribution in [0, 0.1) is 0 Å². The number of pyridine rings is 1. The SMILES string of the molecule is CC(C)c1ccc(CCC(=O)Nc2ccc(Cc3ccncc3)cc2)cc1. The van der Waals surface area contributed by atoms with E-state index in [0.717, 1.165) is 18.5 Å². The molecule has 3 heteroatoms. The molecule has 0 aliphatic carbocycles. The van der Waals surface area contributed by atoms with Gasteiger partial charge in [0.15, 0.2) is 0 Å². The fourth-order valence-electron chi connectivity index (χ4n) is 2.99. The van der Waals surface area contributed by atoms with E-state index in [0.29, 0.717) is 12.3 Å². The van der Waals surface area contributed by atoms with Crippen LogP contribution in [0.3, 0.4) is 0 Å². The van der Waals surface area contributed by atoms with Gasteiger partial charge in [0, 0.05) is 24.5 Å². The van der Waals surface area contributed by atoms with Gasteiger partial charge in [-0.2, -0.15) is 0 Å². The Morgan fingerprint density at radius 3 is 2.07 bits per heavy atom. The highest BCUT2D eigenvalue weighted by Gasteiger charge is 2.05. The van der Waals surface area contributed by atoms with E-state index in [1.54, 1.807) is 12.4 Å². The molecule has 3 aromatic rings. The van der Waals surface area contributed by atoms with Crippen molar-refractivity contribution in [3.8, 4) is 0 Å². The summed E-state index contributed by atoms with van der Waals surface area (Å²) in [7, 11) is 0. The molecule has 0 unspecified atom stereocenters. The van der Waals surface area contributed by atoms with Gasteiger partial charge >= 0.3 is 0 Å². The van der Waals surface area contributed by atoms with Crippen molar-refractivity contribution in [1.29, 1.82) is 0 Å². The fourth-order valence-corrected chi connectivity index (χ4v) is 2.99. The Labute approximate surface area is 161 Å². The van der Waals surface area contributed by atoms with Crippen LogP contribution in [0.1, 0.15) is 48.4 Å². The van der Waals surface area contributed by atoms with E-state index in [9.17, 15) is 4.79 Å². The summed E-state index contributed by atoms with van der Waals surface area (Å²) in [6.07, 6.45) is 5.72. The highest BCUT2D eigenvalue weighted by Crippen LogP contribution is 2.16. The van der Waals surface area contributed by atoms with Gasteiger partial charge in [-0.3, -0.25) is 9.78 Å². The summed E-state index contributed by atoms with van der Waals surface area (Å²) >= 11 is 0. The van der Waals surface area contributed by atoms with Crippen LogP contribution in [0.4, 0.5) is 5.69 Å². The average Bonchev–Trinajstić information content (AvgIpc) is 2.69. The molecule has 0 saturated carbocycles. The van der Waals surface area contributed by atoms with Crippen LogP contribution in [0.5, 0.6) is 0 Å². The highest BCUT2D eigenvalue weighted by molar-refractivity contribution is 5.90. The molecule has 0 spiro atoms. The van der Waals surface area contributed by atoms with Gasteiger partial charge in [-0.1, -0.05) is 50.2 Å². The quantitative estimate of drug-likeness (QED) is 0.617. The van der Waals surface area contributed by atoms with Crippen LogP contribution in [-0.2, 0) is 17.6 Å². The molecule has 2 aromatic carbocycles. The average molecular weight is 358 g/mol. The number of rotatable bonds is 7. The van der Waals surface area contributed by atoms with E-state index in [4.69, 9.17) is 0 Å². The highest BCUT2D eigenvalue weighted by atomic mass is 16.1. The number of amides is 1. The van der Waals surface area contributed by atoms with Gasteiger partial charge in [-0.25, -0.2) is 0 Å². The van der Waals surface area contributed by atoms with Crippen molar-refractivity contribution in [3.63, 3.8) is 0 Å². The molecule has 3 rings (SSSR count).